The Balaban J connectivity index is 1.38. The number of fused-ring (bicyclic) bond motifs is 2. The molecule has 0 aliphatic heterocycles. The van der Waals surface area contributed by atoms with Crippen molar-refractivity contribution in [3.63, 3.8) is 0 Å². The monoisotopic (exact) mass is 361 g/mol. The summed E-state index contributed by atoms with van der Waals surface area (Å²) >= 11 is 3.30. The van der Waals surface area contributed by atoms with Crippen LogP contribution in [0.1, 0.15) is 37.8 Å². The van der Waals surface area contributed by atoms with E-state index in [0.29, 0.717) is 30.3 Å². The first-order chi connectivity index (χ1) is 11.7. The van der Waals surface area contributed by atoms with Gasteiger partial charge >= 0.3 is 0 Å². The number of nitrogens with zero attached hydrogens (tertiary/aromatic N) is 1. The molecular formula is C18H23N3OS2. The third-order valence-electron chi connectivity index (χ3n) is 5.33. The average molecular weight is 362 g/mol. The summed E-state index contributed by atoms with van der Waals surface area (Å²) in [6, 6.07) is 4.74. The van der Waals surface area contributed by atoms with Gasteiger partial charge in [0.05, 0.1) is 17.0 Å². The summed E-state index contributed by atoms with van der Waals surface area (Å²) in [5.41, 5.74) is 7.04. The molecule has 3 N–H and O–H groups in total. The predicted octanol–water partition coefficient (Wildman–Crippen LogP) is 3.44. The Morgan fingerprint density at radius 2 is 2.08 bits per heavy atom. The van der Waals surface area contributed by atoms with Gasteiger partial charge in [0.2, 0.25) is 5.91 Å². The minimum Gasteiger partial charge on any atom is -0.352 e. The van der Waals surface area contributed by atoms with Gasteiger partial charge < -0.3 is 11.1 Å². The maximum atomic E-state index is 12.5. The van der Waals surface area contributed by atoms with Crippen molar-refractivity contribution < 1.29 is 4.79 Å². The number of hydrogen-bond acceptors (Lipinski definition) is 5. The molecule has 0 aromatic carbocycles. The maximum Gasteiger partial charge on any atom is 0.226 e. The largest absolute Gasteiger partial charge is 0.352 e. The normalized spacial score (nSPS) is 29.4. The van der Waals surface area contributed by atoms with E-state index in [-0.39, 0.29) is 5.91 Å². The number of rotatable bonds is 4. The summed E-state index contributed by atoms with van der Waals surface area (Å²) in [7, 11) is 0. The lowest BCUT2D eigenvalue weighted by molar-refractivity contribution is -0.122. The van der Waals surface area contributed by atoms with Crippen LogP contribution in [-0.4, -0.2) is 23.0 Å². The molecule has 0 saturated heterocycles. The highest BCUT2D eigenvalue weighted by atomic mass is 32.1. The number of carbonyl (C=O) groups excluding carboxylic acids is 1. The summed E-state index contributed by atoms with van der Waals surface area (Å²) in [5, 5.41) is 8.37. The van der Waals surface area contributed by atoms with Crippen LogP contribution >= 0.6 is 22.7 Å². The summed E-state index contributed by atoms with van der Waals surface area (Å²) < 4.78 is 0. The van der Waals surface area contributed by atoms with E-state index in [0.717, 1.165) is 23.5 Å². The molecule has 2 aromatic rings. The van der Waals surface area contributed by atoms with E-state index in [2.05, 4.69) is 21.7 Å². The van der Waals surface area contributed by atoms with Crippen molar-refractivity contribution >= 4 is 28.6 Å². The number of thiophene rings is 1. The van der Waals surface area contributed by atoms with Gasteiger partial charge in [-0.25, -0.2) is 4.98 Å². The van der Waals surface area contributed by atoms with Crippen molar-refractivity contribution in [1.29, 1.82) is 0 Å². The number of carbonyl (C=O) groups is 1. The van der Waals surface area contributed by atoms with Gasteiger partial charge in [0.1, 0.15) is 5.01 Å². The first-order valence-corrected chi connectivity index (χ1v) is 10.5. The van der Waals surface area contributed by atoms with Gasteiger partial charge in [-0.1, -0.05) is 12.5 Å². The van der Waals surface area contributed by atoms with Crippen molar-refractivity contribution in [2.24, 2.45) is 17.6 Å². The molecule has 2 bridgehead atoms. The molecule has 2 heterocycles. The highest BCUT2D eigenvalue weighted by Crippen LogP contribution is 2.39. The Hall–Kier alpha value is -1.24. The number of thiazole rings is 1. The Kier molecular flexibility index (Phi) is 4.70. The lowest BCUT2D eigenvalue weighted by atomic mass is 9.67. The fraction of sp³-hybridized carbons (Fsp3) is 0.556. The van der Waals surface area contributed by atoms with Crippen LogP contribution in [0.4, 0.5) is 0 Å². The Labute approximate surface area is 150 Å². The van der Waals surface area contributed by atoms with Crippen LogP contribution in [0.25, 0.3) is 9.88 Å². The van der Waals surface area contributed by atoms with Crippen molar-refractivity contribution in [1.82, 2.24) is 10.3 Å². The van der Waals surface area contributed by atoms with Crippen LogP contribution in [0.2, 0.25) is 0 Å². The first-order valence-electron chi connectivity index (χ1n) is 8.72. The van der Waals surface area contributed by atoms with Crippen LogP contribution in [0, 0.1) is 11.8 Å². The van der Waals surface area contributed by atoms with Crippen molar-refractivity contribution in [3.05, 3.63) is 28.6 Å². The topological polar surface area (TPSA) is 68.0 Å². The van der Waals surface area contributed by atoms with Gasteiger partial charge in [-0.05, 0) is 49.0 Å². The van der Waals surface area contributed by atoms with Gasteiger partial charge in [-0.3, -0.25) is 4.79 Å². The van der Waals surface area contributed by atoms with Gasteiger partial charge in [-0.15, -0.1) is 22.7 Å². The second kappa shape index (κ2) is 6.94. The number of amides is 1. The van der Waals surface area contributed by atoms with Gasteiger partial charge in [0.25, 0.3) is 0 Å². The smallest absolute Gasteiger partial charge is 0.226 e. The summed E-state index contributed by atoms with van der Waals surface area (Å²) in [6.07, 6.45) is 6.18. The molecule has 2 aliphatic rings. The number of hydrogen-bond donors (Lipinski definition) is 2. The molecule has 2 unspecified atom stereocenters. The van der Waals surface area contributed by atoms with E-state index in [4.69, 9.17) is 5.73 Å². The van der Waals surface area contributed by atoms with Gasteiger partial charge in [0, 0.05) is 17.5 Å². The van der Waals surface area contributed by atoms with E-state index in [1.165, 1.54) is 24.1 Å². The molecule has 4 nitrogen and oxygen atoms in total. The molecule has 128 valence electrons. The fourth-order valence-electron chi connectivity index (χ4n) is 4.33. The van der Waals surface area contributed by atoms with E-state index in [1.54, 1.807) is 22.7 Å². The molecule has 4 rings (SSSR count). The molecule has 6 heteroatoms. The predicted molar refractivity (Wildman–Crippen MR) is 99.1 cm³/mol. The molecule has 0 radical (unpaired) electrons. The molecule has 2 atom stereocenters. The summed E-state index contributed by atoms with van der Waals surface area (Å²) in [4.78, 5) is 18.3. The second-order valence-electron chi connectivity index (χ2n) is 7.07. The summed E-state index contributed by atoms with van der Waals surface area (Å²) in [5.74, 6) is 1.23. The van der Waals surface area contributed by atoms with E-state index >= 15 is 0 Å². The van der Waals surface area contributed by atoms with E-state index in [1.807, 2.05) is 11.4 Å². The Bertz CT molecular complexity index is 683. The first kappa shape index (κ1) is 16.2. The molecule has 2 fully saturated rings. The zero-order valence-electron chi connectivity index (χ0n) is 13.6. The lowest BCUT2D eigenvalue weighted by Crippen LogP contribution is -2.54. The number of nitrogens with two attached hydrogens (primary N) is 1. The van der Waals surface area contributed by atoms with E-state index in [9.17, 15) is 4.79 Å². The molecular weight excluding hydrogens is 338 g/mol. The minimum absolute atomic E-state index is 0.107. The molecule has 0 spiro atoms. The van der Waals surface area contributed by atoms with Crippen LogP contribution in [0.5, 0.6) is 0 Å². The zero-order chi connectivity index (χ0) is 16.5. The third kappa shape index (κ3) is 3.41. The highest BCUT2D eigenvalue weighted by Gasteiger charge is 2.39. The van der Waals surface area contributed by atoms with Gasteiger partial charge in [-0.2, -0.15) is 0 Å². The number of nitrogens with one attached hydrogen (secondary N) is 1. The van der Waals surface area contributed by atoms with Crippen LogP contribution in [0.15, 0.2) is 22.9 Å². The quantitative estimate of drug-likeness (QED) is 0.876. The minimum atomic E-state index is 0.107. The number of aromatic nitrogens is 1. The van der Waals surface area contributed by atoms with Crippen LogP contribution in [0.3, 0.4) is 0 Å². The molecule has 2 saturated carbocycles. The fourth-order valence-corrected chi connectivity index (χ4v) is 5.96. The molecule has 24 heavy (non-hydrogen) atoms. The zero-order valence-corrected chi connectivity index (χ0v) is 15.2. The molecule has 1 amide bonds. The van der Waals surface area contributed by atoms with Gasteiger partial charge in [0.15, 0.2) is 0 Å². The standard InChI is InChI=1S/C18H23N3OS2/c19-13-7-11-3-1-4-12(8-13)17(11)21-16(22)9-14-10-24-18(20-14)15-5-2-6-23-15/h2,5-6,10-13,17H,1,3-4,7-9,19H2,(H,21,22). The van der Waals surface area contributed by atoms with Crippen molar-refractivity contribution in [2.75, 3.05) is 0 Å². The van der Waals surface area contributed by atoms with Crippen molar-refractivity contribution in [3.8, 4) is 9.88 Å². The molecule has 2 aliphatic carbocycles. The highest BCUT2D eigenvalue weighted by molar-refractivity contribution is 7.20. The average Bonchev–Trinajstić information content (AvgIpc) is 3.19. The molecule has 2 aromatic heterocycles. The van der Waals surface area contributed by atoms with Crippen LogP contribution < -0.4 is 11.1 Å². The Morgan fingerprint density at radius 1 is 1.29 bits per heavy atom. The van der Waals surface area contributed by atoms with Crippen molar-refractivity contribution in [2.45, 2.75) is 50.6 Å². The third-order valence-corrected chi connectivity index (χ3v) is 7.26. The van der Waals surface area contributed by atoms with Crippen LogP contribution in [-0.2, 0) is 11.2 Å². The van der Waals surface area contributed by atoms with E-state index < -0.39 is 0 Å². The Morgan fingerprint density at radius 3 is 2.79 bits per heavy atom. The lowest BCUT2D eigenvalue weighted by Gasteiger charge is -2.45. The SMILES string of the molecule is NC1CC2CCCC(C1)C2NC(=O)Cc1csc(-c2cccs2)n1. The maximum absolute atomic E-state index is 12.5. The second-order valence-corrected chi connectivity index (χ2v) is 8.88. The summed E-state index contributed by atoms with van der Waals surface area (Å²) in [6.45, 7) is 0.